The summed E-state index contributed by atoms with van der Waals surface area (Å²) in [5.41, 5.74) is 5.89. The second-order valence-electron chi connectivity index (χ2n) is 4.61. The summed E-state index contributed by atoms with van der Waals surface area (Å²) in [5.74, 6) is -0.947. The zero-order valence-electron chi connectivity index (χ0n) is 11.2. The van der Waals surface area contributed by atoms with E-state index in [2.05, 4.69) is 15.3 Å². The van der Waals surface area contributed by atoms with Crippen molar-refractivity contribution in [3.63, 3.8) is 0 Å². The van der Waals surface area contributed by atoms with E-state index in [1.54, 1.807) is 13.8 Å². The first-order valence-corrected chi connectivity index (χ1v) is 6.05. The summed E-state index contributed by atoms with van der Waals surface area (Å²) < 4.78 is 12.9. The van der Waals surface area contributed by atoms with Crippen molar-refractivity contribution in [2.24, 2.45) is 5.73 Å². The molecule has 0 saturated heterocycles. The summed E-state index contributed by atoms with van der Waals surface area (Å²) in [7, 11) is 0. The number of nitrogens with zero attached hydrogens (tertiary/aromatic N) is 2. The monoisotopic (exact) mass is 274 g/mol. The molecule has 5 nitrogen and oxygen atoms in total. The lowest BCUT2D eigenvalue weighted by Crippen LogP contribution is -2.46. The van der Waals surface area contributed by atoms with Crippen LogP contribution in [0, 0.1) is 12.7 Å². The van der Waals surface area contributed by atoms with Gasteiger partial charge in [0.1, 0.15) is 5.82 Å². The van der Waals surface area contributed by atoms with Crippen molar-refractivity contribution >= 4 is 11.6 Å². The molecule has 1 amide bonds. The van der Waals surface area contributed by atoms with Crippen LogP contribution in [-0.2, 0) is 10.3 Å². The predicted molar refractivity (Wildman–Crippen MR) is 73.3 cm³/mol. The molecular formula is C14H15FN4O. The fourth-order valence-corrected chi connectivity index (χ4v) is 1.96. The Balaban J connectivity index is 2.43. The third-order valence-corrected chi connectivity index (χ3v) is 3.09. The van der Waals surface area contributed by atoms with Gasteiger partial charge in [0.25, 0.3) is 0 Å². The average Bonchev–Trinajstić information content (AvgIpc) is 2.41. The molecule has 2 aromatic rings. The molecule has 0 radical (unpaired) electrons. The van der Waals surface area contributed by atoms with E-state index in [9.17, 15) is 9.18 Å². The number of anilines is 1. The zero-order valence-corrected chi connectivity index (χ0v) is 11.2. The van der Waals surface area contributed by atoms with Crippen LogP contribution in [0.2, 0.25) is 0 Å². The largest absolute Gasteiger partial charge is 0.367 e. The molecule has 1 aromatic carbocycles. The molecule has 3 N–H and O–H groups in total. The summed E-state index contributed by atoms with van der Waals surface area (Å²) in [4.78, 5) is 20.2. The average molecular weight is 274 g/mol. The van der Waals surface area contributed by atoms with E-state index < -0.39 is 11.4 Å². The highest BCUT2D eigenvalue weighted by Gasteiger charge is 2.36. The van der Waals surface area contributed by atoms with E-state index in [4.69, 9.17) is 5.73 Å². The van der Waals surface area contributed by atoms with Crippen LogP contribution in [0.3, 0.4) is 0 Å². The van der Waals surface area contributed by atoms with E-state index in [1.807, 2.05) is 0 Å². The van der Waals surface area contributed by atoms with Gasteiger partial charge in [-0.25, -0.2) is 4.39 Å². The van der Waals surface area contributed by atoms with Crippen LogP contribution in [0.5, 0.6) is 0 Å². The molecule has 0 aliphatic rings. The van der Waals surface area contributed by atoms with Crippen LogP contribution in [0.1, 0.15) is 18.3 Å². The van der Waals surface area contributed by atoms with Gasteiger partial charge in [-0.05, 0) is 38.1 Å². The Hall–Kier alpha value is -2.50. The Labute approximate surface area is 116 Å². The predicted octanol–water partition coefficient (Wildman–Crippen LogP) is 1.74. The SMILES string of the molecule is Cc1nccnc1C(C)(Nc1ccc(F)cc1)C(N)=O. The molecule has 1 aromatic heterocycles. The number of carbonyl (C=O) groups excluding carboxylic acids is 1. The molecule has 0 fully saturated rings. The van der Waals surface area contributed by atoms with Gasteiger partial charge in [0.2, 0.25) is 5.91 Å². The molecule has 0 bridgehead atoms. The molecule has 6 heteroatoms. The van der Waals surface area contributed by atoms with Crippen molar-refractivity contribution in [3.05, 3.63) is 53.9 Å². The fourth-order valence-electron chi connectivity index (χ4n) is 1.96. The van der Waals surface area contributed by atoms with Crippen LogP contribution in [-0.4, -0.2) is 15.9 Å². The minimum absolute atomic E-state index is 0.355. The van der Waals surface area contributed by atoms with Crippen molar-refractivity contribution in [3.8, 4) is 0 Å². The number of hydrogen-bond donors (Lipinski definition) is 2. The number of amides is 1. The highest BCUT2D eigenvalue weighted by molar-refractivity contribution is 5.88. The second-order valence-corrected chi connectivity index (χ2v) is 4.61. The summed E-state index contributed by atoms with van der Waals surface area (Å²) in [6.45, 7) is 3.37. The molecule has 20 heavy (non-hydrogen) atoms. The molecule has 1 heterocycles. The summed E-state index contributed by atoms with van der Waals surface area (Å²) in [6, 6.07) is 5.66. The lowest BCUT2D eigenvalue weighted by molar-refractivity contribution is -0.122. The Morgan fingerprint density at radius 3 is 2.40 bits per heavy atom. The minimum atomic E-state index is -1.23. The molecular weight excluding hydrogens is 259 g/mol. The maximum Gasteiger partial charge on any atom is 0.249 e. The number of aromatic nitrogens is 2. The van der Waals surface area contributed by atoms with E-state index in [0.29, 0.717) is 17.1 Å². The number of nitrogens with two attached hydrogens (primary N) is 1. The van der Waals surface area contributed by atoms with Gasteiger partial charge in [-0.1, -0.05) is 0 Å². The van der Waals surface area contributed by atoms with Crippen molar-refractivity contribution in [1.82, 2.24) is 9.97 Å². The Bertz CT molecular complexity index is 629. The van der Waals surface area contributed by atoms with Crippen LogP contribution < -0.4 is 11.1 Å². The van der Waals surface area contributed by atoms with Crippen LogP contribution in [0.15, 0.2) is 36.7 Å². The van der Waals surface area contributed by atoms with Crippen LogP contribution >= 0.6 is 0 Å². The number of halogens is 1. The van der Waals surface area contributed by atoms with Crippen molar-refractivity contribution in [1.29, 1.82) is 0 Å². The number of nitrogens with one attached hydrogen (secondary N) is 1. The Morgan fingerprint density at radius 1 is 1.25 bits per heavy atom. The number of primary amides is 1. The molecule has 0 spiro atoms. The van der Waals surface area contributed by atoms with E-state index in [-0.39, 0.29) is 5.82 Å². The Kier molecular flexibility index (Phi) is 3.65. The fraction of sp³-hybridized carbons (Fsp3) is 0.214. The van der Waals surface area contributed by atoms with Gasteiger partial charge in [-0.15, -0.1) is 0 Å². The van der Waals surface area contributed by atoms with Gasteiger partial charge in [0.15, 0.2) is 5.54 Å². The Morgan fingerprint density at radius 2 is 1.85 bits per heavy atom. The van der Waals surface area contributed by atoms with Crippen molar-refractivity contribution < 1.29 is 9.18 Å². The summed E-state index contributed by atoms with van der Waals surface area (Å²) in [6.07, 6.45) is 3.04. The van der Waals surface area contributed by atoms with Gasteiger partial charge in [-0.3, -0.25) is 14.8 Å². The minimum Gasteiger partial charge on any atom is -0.367 e. The maximum atomic E-state index is 12.9. The first-order chi connectivity index (χ1) is 9.43. The molecule has 0 saturated carbocycles. The number of hydrogen-bond acceptors (Lipinski definition) is 4. The molecule has 1 atom stereocenters. The van der Waals surface area contributed by atoms with Gasteiger partial charge >= 0.3 is 0 Å². The summed E-state index contributed by atoms with van der Waals surface area (Å²) in [5, 5.41) is 3.00. The van der Waals surface area contributed by atoms with Gasteiger partial charge in [0, 0.05) is 18.1 Å². The smallest absolute Gasteiger partial charge is 0.249 e. The maximum absolute atomic E-state index is 12.9. The number of benzene rings is 1. The van der Waals surface area contributed by atoms with Gasteiger partial charge in [0.05, 0.1) is 11.4 Å². The molecule has 104 valence electrons. The van der Waals surface area contributed by atoms with Crippen molar-refractivity contribution in [2.75, 3.05) is 5.32 Å². The second kappa shape index (κ2) is 5.24. The lowest BCUT2D eigenvalue weighted by atomic mass is 9.94. The van der Waals surface area contributed by atoms with E-state index >= 15 is 0 Å². The highest BCUT2D eigenvalue weighted by atomic mass is 19.1. The van der Waals surface area contributed by atoms with Crippen LogP contribution in [0.4, 0.5) is 10.1 Å². The lowest BCUT2D eigenvalue weighted by Gasteiger charge is -2.28. The molecule has 0 aliphatic carbocycles. The topological polar surface area (TPSA) is 80.9 Å². The number of rotatable bonds is 4. The normalized spacial score (nSPS) is 13.6. The third-order valence-electron chi connectivity index (χ3n) is 3.09. The van der Waals surface area contributed by atoms with Gasteiger partial charge in [-0.2, -0.15) is 0 Å². The first kappa shape index (κ1) is 13.9. The zero-order chi connectivity index (χ0) is 14.8. The van der Waals surface area contributed by atoms with Gasteiger partial charge < -0.3 is 11.1 Å². The number of aryl methyl sites for hydroxylation is 1. The third kappa shape index (κ3) is 2.59. The first-order valence-electron chi connectivity index (χ1n) is 6.05. The van der Waals surface area contributed by atoms with Crippen LogP contribution in [0.25, 0.3) is 0 Å². The summed E-state index contributed by atoms with van der Waals surface area (Å²) >= 11 is 0. The molecule has 2 rings (SSSR count). The highest BCUT2D eigenvalue weighted by Crippen LogP contribution is 2.26. The van der Waals surface area contributed by atoms with Crippen molar-refractivity contribution in [2.45, 2.75) is 19.4 Å². The molecule has 1 unspecified atom stereocenters. The molecule has 0 aliphatic heterocycles. The number of carbonyl (C=O) groups is 1. The quantitative estimate of drug-likeness (QED) is 0.889. The van der Waals surface area contributed by atoms with E-state index in [1.165, 1.54) is 36.7 Å². The standard InChI is InChI=1S/C14H15FN4O/c1-9-12(18-8-7-17-9)14(2,13(16)20)19-11-5-3-10(15)4-6-11/h3-8,19H,1-2H3,(H2,16,20). The van der Waals surface area contributed by atoms with E-state index in [0.717, 1.165) is 0 Å².